The number of nitrogens with one attached hydrogen (secondary N) is 2. The van der Waals surface area contributed by atoms with Crippen molar-refractivity contribution in [3.63, 3.8) is 0 Å². The zero-order valence-electron chi connectivity index (χ0n) is 14.3. The molecule has 0 saturated carbocycles. The van der Waals surface area contributed by atoms with E-state index >= 15 is 0 Å². The Balaban J connectivity index is 1.74. The topological polar surface area (TPSA) is 66.9 Å². The number of benzene rings is 2. The van der Waals surface area contributed by atoms with Crippen molar-refractivity contribution >= 4 is 17.4 Å². The van der Waals surface area contributed by atoms with Crippen LogP contribution in [-0.4, -0.2) is 15.9 Å². The van der Waals surface area contributed by atoms with E-state index in [2.05, 4.69) is 20.6 Å². The van der Waals surface area contributed by atoms with Crippen molar-refractivity contribution in [2.24, 2.45) is 0 Å². The number of amides is 1. The van der Waals surface area contributed by atoms with Gasteiger partial charge in [-0.15, -0.1) is 0 Å². The summed E-state index contributed by atoms with van der Waals surface area (Å²) >= 11 is 0. The zero-order valence-corrected chi connectivity index (χ0v) is 14.3. The molecule has 2 aromatic carbocycles. The fraction of sp³-hybridized carbons (Fsp3) is 0.150. The lowest BCUT2D eigenvalue weighted by molar-refractivity contribution is 0.102. The highest BCUT2D eigenvalue weighted by molar-refractivity contribution is 6.03. The largest absolute Gasteiger partial charge is 0.366 e. The molecule has 0 aliphatic carbocycles. The number of hydrogen-bond acceptors (Lipinski definition) is 4. The highest BCUT2D eigenvalue weighted by Gasteiger charge is 2.12. The first-order chi connectivity index (χ1) is 12.1. The van der Waals surface area contributed by atoms with Gasteiger partial charge in [0.1, 0.15) is 17.3 Å². The van der Waals surface area contributed by atoms with Gasteiger partial charge in [-0.1, -0.05) is 48.5 Å². The minimum Gasteiger partial charge on any atom is -0.366 e. The molecule has 0 aliphatic heterocycles. The molecule has 0 radical (unpaired) electrons. The first kappa shape index (κ1) is 16.6. The van der Waals surface area contributed by atoms with E-state index in [0.717, 1.165) is 16.8 Å². The summed E-state index contributed by atoms with van der Waals surface area (Å²) in [6.45, 7) is 4.36. The summed E-state index contributed by atoms with van der Waals surface area (Å²) in [5.41, 5.74) is 3.27. The SMILES string of the molecule is Cc1nc(NCc2ccccc2)cc(C(=O)Nc2ccccc2C)n1. The maximum absolute atomic E-state index is 12.5. The Labute approximate surface area is 147 Å². The lowest BCUT2D eigenvalue weighted by atomic mass is 10.2. The lowest BCUT2D eigenvalue weighted by Gasteiger charge is -2.10. The molecule has 0 unspecified atom stereocenters. The summed E-state index contributed by atoms with van der Waals surface area (Å²) in [7, 11) is 0. The highest BCUT2D eigenvalue weighted by atomic mass is 16.1. The number of carbonyl (C=O) groups is 1. The molecule has 1 heterocycles. The molecule has 3 rings (SSSR count). The van der Waals surface area contributed by atoms with Crippen LogP contribution < -0.4 is 10.6 Å². The fourth-order valence-corrected chi connectivity index (χ4v) is 2.46. The van der Waals surface area contributed by atoms with Gasteiger partial charge in [-0.05, 0) is 31.0 Å². The molecule has 126 valence electrons. The number of nitrogens with zero attached hydrogens (tertiary/aromatic N) is 2. The third kappa shape index (κ3) is 4.41. The first-order valence-electron chi connectivity index (χ1n) is 8.12. The highest BCUT2D eigenvalue weighted by Crippen LogP contribution is 2.15. The minimum atomic E-state index is -0.248. The van der Waals surface area contributed by atoms with Gasteiger partial charge in [0.25, 0.3) is 5.91 Å². The van der Waals surface area contributed by atoms with Gasteiger partial charge in [0.15, 0.2) is 0 Å². The molecular weight excluding hydrogens is 312 g/mol. The number of para-hydroxylation sites is 1. The molecule has 2 N–H and O–H groups in total. The normalized spacial score (nSPS) is 10.3. The maximum Gasteiger partial charge on any atom is 0.274 e. The summed E-state index contributed by atoms with van der Waals surface area (Å²) < 4.78 is 0. The number of carbonyl (C=O) groups excluding carboxylic acids is 1. The summed E-state index contributed by atoms with van der Waals surface area (Å²) in [5, 5.41) is 6.14. The molecule has 0 bridgehead atoms. The molecule has 3 aromatic rings. The van der Waals surface area contributed by atoms with Crippen molar-refractivity contribution in [2.75, 3.05) is 10.6 Å². The molecule has 5 nitrogen and oxygen atoms in total. The number of rotatable bonds is 5. The van der Waals surface area contributed by atoms with Crippen LogP contribution in [0.5, 0.6) is 0 Å². The van der Waals surface area contributed by atoms with Crippen LogP contribution >= 0.6 is 0 Å². The van der Waals surface area contributed by atoms with Crippen molar-refractivity contribution in [3.05, 3.63) is 83.3 Å². The fourth-order valence-electron chi connectivity index (χ4n) is 2.46. The van der Waals surface area contributed by atoms with Crippen LogP contribution in [0.25, 0.3) is 0 Å². The summed E-state index contributed by atoms with van der Waals surface area (Å²) in [5.74, 6) is 0.932. The molecule has 1 amide bonds. The van der Waals surface area contributed by atoms with Crippen molar-refractivity contribution in [3.8, 4) is 0 Å². The van der Waals surface area contributed by atoms with Gasteiger partial charge in [-0.3, -0.25) is 4.79 Å². The van der Waals surface area contributed by atoms with Gasteiger partial charge < -0.3 is 10.6 Å². The second-order valence-electron chi connectivity index (χ2n) is 5.79. The van der Waals surface area contributed by atoms with Crippen molar-refractivity contribution in [1.82, 2.24) is 9.97 Å². The van der Waals surface area contributed by atoms with Crippen molar-refractivity contribution in [1.29, 1.82) is 0 Å². The number of aryl methyl sites for hydroxylation is 2. The summed E-state index contributed by atoms with van der Waals surface area (Å²) in [6.07, 6.45) is 0. The molecule has 25 heavy (non-hydrogen) atoms. The second-order valence-corrected chi connectivity index (χ2v) is 5.79. The monoisotopic (exact) mass is 332 g/mol. The Morgan fingerprint density at radius 2 is 1.68 bits per heavy atom. The van der Waals surface area contributed by atoms with Gasteiger partial charge in [-0.2, -0.15) is 0 Å². The van der Waals surface area contributed by atoms with Gasteiger partial charge in [0, 0.05) is 18.3 Å². The zero-order chi connectivity index (χ0) is 17.6. The molecular formula is C20H20N4O. The average molecular weight is 332 g/mol. The first-order valence-corrected chi connectivity index (χ1v) is 8.12. The Morgan fingerprint density at radius 1 is 0.960 bits per heavy atom. The third-order valence-electron chi connectivity index (χ3n) is 3.78. The Morgan fingerprint density at radius 3 is 2.44 bits per heavy atom. The Kier molecular flexibility index (Phi) is 5.04. The molecule has 1 aromatic heterocycles. The van der Waals surface area contributed by atoms with Crippen LogP contribution in [0.1, 0.15) is 27.4 Å². The second kappa shape index (κ2) is 7.57. The maximum atomic E-state index is 12.5. The molecule has 5 heteroatoms. The van der Waals surface area contributed by atoms with E-state index in [1.165, 1.54) is 0 Å². The van der Waals surface area contributed by atoms with Crippen LogP contribution in [0.15, 0.2) is 60.7 Å². The van der Waals surface area contributed by atoms with Crippen molar-refractivity contribution < 1.29 is 4.79 Å². The van der Waals surface area contributed by atoms with Gasteiger partial charge in [0.05, 0.1) is 0 Å². The van der Waals surface area contributed by atoms with E-state index < -0.39 is 0 Å². The van der Waals surface area contributed by atoms with E-state index in [1.807, 2.05) is 61.5 Å². The molecule has 0 atom stereocenters. The summed E-state index contributed by atoms with van der Waals surface area (Å²) in [6, 6.07) is 19.3. The molecule has 0 aliphatic rings. The van der Waals surface area contributed by atoms with Crippen LogP contribution in [0, 0.1) is 13.8 Å². The van der Waals surface area contributed by atoms with E-state index in [9.17, 15) is 4.79 Å². The summed E-state index contributed by atoms with van der Waals surface area (Å²) in [4.78, 5) is 21.1. The predicted octanol–water partition coefficient (Wildman–Crippen LogP) is 3.96. The van der Waals surface area contributed by atoms with Gasteiger partial charge in [0.2, 0.25) is 0 Å². The Bertz CT molecular complexity index is 878. The van der Waals surface area contributed by atoms with E-state index in [1.54, 1.807) is 13.0 Å². The Hall–Kier alpha value is -3.21. The number of anilines is 2. The van der Waals surface area contributed by atoms with E-state index in [0.29, 0.717) is 23.9 Å². The smallest absolute Gasteiger partial charge is 0.274 e. The van der Waals surface area contributed by atoms with Crippen molar-refractivity contribution in [2.45, 2.75) is 20.4 Å². The van der Waals surface area contributed by atoms with Crippen LogP contribution in [-0.2, 0) is 6.54 Å². The molecule has 0 saturated heterocycles. The third-order valence-corrected chi connectivity index (χ3v) is 3.78. The average Bonchev–Trinajstić information content (AvgIpc) is 2.62. The molecule has 0 fully saturated rings. The van der Waals surface area contributed by atoms with Gasteiger partial charge >= 0.3 is 0 Å². The standard InChI is InChI=1S/C20H20N4O/c1-14-8-6-7-11-17(14)24-20(25)18-12-19(23-15(2)22-18)21-13-16-9-4-3-5-10-16/h3-12H,13H2,1-2H3,(H,24,25)(H,21,22,23). The quantitative estimate of drug-likeness (QED) is 0.742. The van der Waals surface area contributed by atoms with Crippen LogP contribution in [0.2, 0.25) is 0 Å². The van der Waals surface area contributed by atoms with Crippen LogP contribution in [0.4, 0.5) is 11.5 Å². The van der Waals surface area contributed by atoms with Crippen LogP contribution in [0.3, 0.4) is 0 Å². The minimum absolute atomic E-state index is 0.248. The molecule has 0 spiro atoms. The predicted molar refractivity (Wildman–Crippen MR) is 99.7 cm³/mol. The van der Waals surface area contributed by atoms with Gasteiger partial charge in [-0.25, -0.2) is 9.97 Å². The number of aromatic nitrogens is 2. The van der Waals surface area contributed by atoms with E-state index in [4.69, 9.17) is 0 Å². The van der Waals surface area contributed by atoms with E-state index in [-0.39, 0.29) is 5.91 Å². The number of hydrogen-bond donors (Lipinski definition) is 2. The lowest BCUT2D eigenvalue weighted by Crippen LogP contribution is -2.16.